The highest BCUT2D eigenvalue weighted by Crippen LogP contribution is 3.02. The van der Waals surface area contributed by atoms with Gasteiger partial charge in [-0.15, -0.1) is 0 Å². The predicted molar refractivity (Wildman–Crippen MR) is 122 cm³/mol. The van der Waals surface area contributed by atoms with Crippen LogP contribution in [-0.2, 0) is 4.74 Å². The fraction of sp³-hybridized carbons (Fsp3) is 0.435. The van der Waals surface area contributed by atoms with Crippen molar-refractivity contribution in [3.05, 3.63) is 53.2 Å². The number of aromatic nitrogens is 3. The van der Waals surface area contributed by atoms with Gasteiger partial charge in [-0.2, -0.15) is 0 Å². The largest absolute Gasteiger partial charge is 0.381 e. The number of carbonyl (C=O) groups excluding carboxylic acids is 1. The van der Waals surface area contributed by atoms with E-state index in [1.165, 1.54) is 4.90 Å². The number of nitrogens with one attached hydrogen (secondary N) is 1. The Labute approximate surface area is 202 Å². The van der Waals surface area contributed by atoms with Gasteiger partial charge in [-0.25, -0.2) is 14.4 Å². The number of ether oxygens (including phenoxy) is 1. The molecule has 4 heterocycles. The van der Waals surface area contributed by atoms with Crippen molar-refractivity contribution in [3.63, 3.8) is 0 Å². The minimum atomic E-state index is -9.81. The summed E-state index contributed by atoms with van der Waals surface area (Å²) in [5.41, 5.74) is 1.27. The average molecular weight is 535 g/mol. The van der Waals surface area contributed by atoms with Crippen molar-refractivity contribution in [3.8, 4) is 0 Å². The molecule has 0 unspecified atom stereocenters. The van der Waals surface area contributed by atoms with Crippen LogP contribution in [0.2, 0.25) is 0 Å². The Morgan fingerprint density at radius 3 is 2.22 bits per heavy atom. The van der Waals surface area contributed by atoms with Gasteiger partial charge < -0.3 is 14.6 Å². The molecule has 2 aliphatic heterocycles. The third-order valence-electron chi connectivity index (χ3n) is 6.87. The highest BCUT2D eigenvalue weighted by atomic mass is 32.5. The van der Waals surface area contributed by atoms with Gasteiger partial charge in [0.2, 0.25) is 0 Å². The van der Waals surface area contributed by atoms with Crippen LogP contribution in [0.4, 0.5) is 23.8 Å². The van der Waals surface area contributed by atoms with E-state index in [-0.39, 0.29) is 42.6 Å². The van der Waals surface area contributed by atoms with E-state index in [9.17, 15) is 28.6 Å². The van der Waals surface area contributed by atoms with Gasteiger partial charge in [0.25, 0.3) is 5.91 Å². The molecule has 2 aromatic heterocycles. The number of pyridine rings is 1. The molecule has 2 fully saturated rings. The van der Waals surface area contributed by atoms with E-state index >= 15 is 0 Å². The van der Waals surface area contributed by atoms with Crippen LogP contribution in [-0.4, -0.2) is 52.1 Å². The van der Waals surface area contributed by atoms with Gasteiger partial charge in [0.05, 0.1) is 6.20 Å². The number of fused-ring (bicyclic) bond motifs is 1. The van der Waals surface area contributed by atoms with Crippen LogP contribution < -0.4 is 0 Å². The first-order chi connectivity index (χ1) is 16.8. The average Bonchev–Trinajstić information content (AvgIpc) is 3.27. The number of H-pyrrole nitrogens is 1. The van der Waals surface area contributed by atoms with Crippen molar-refractivity contribution in [1.82, 2.24) is 19.9 Å². The fourth-order valence-corrected chi connectivity index (χ4v) is 5.58. The molecule has 0 spiro atoms. The molecule has 1 amide bonds. The molecule has 196 valence electrons. The second kappa shape index (κ2) is 8.10. The van der Waals surface area contributed by atoms with Gasteiger partial charge in [-0.1, -0.05) is 19.4 Å². The van der Waals surface area contributed by atoms with Crippen LogP contribution in [0.1, 0.15) is 59.3 Å². The van der Waals surface area contributed by atoms with Gasteiger partial charge in [-0.3, -0.25) is 4.79 Å². The van der Waals surface area contributed by atoms with E-state index in [4.69, 9.17) is 4.74 Å². The molecular formula is C23H24F6N4O2S. The second-order valence-electron chi connectivity index (χ2n) is 9.29. The van der Waals surface area contributed by atoms with Gasteiger partial charge in [0, 0.05) is 43.3 Å². The quantitative estimate of drug-likeness (QED) is 0.380. The van der Waals surface area contributed by atoms with E-state index in [2.05, 4.69) is 15.0 Å². The number of piperidine rings is 1. The molecule has 36 heavy (non-hydrogen) atoms. The summed E-state index contributed by atoms with van der Waals surface area (Å²) in [7, 11) is -9.81. The Kier molecular flexibility index (Phi) is 5.60. The van der Waals surface area contributed by atoms with Gasteiger partial charge in [0.1, 0.15) is 22.1 Å². The summed E-state index contributed by atoms with van der Waals surface area (Å²) in [5, 5.41) is 0. The van der Waals surface area contributed by atoms with Crippen LogP contribution >= 0.6 is 10.2 Å². The Morgan fingerprint density at radius 1 is 0.972 bits per heavy atom. The molecule has 0 bridgehead atoms. The molecule has 0 radical (unpaired) electrons. The lowest BCUT2D eigenvalue weighted by atomic mass is 9.88. The van der Waals surface area contributed by atoms with Crippen LogP contribution in [0.5, 0.6) is 0 Å². The van der Waals surface area contributed by atoms with Gasteiger partial charge in [0.15, 0.2) is 5.65 Å². The number of imidazole rings is 1. The molecule has 3 aromatic rings. The van der Waals surface area contributed by atoms with Crippen molar-refractivity contribution in [1.29, 1.82) is 0 Å². The van der Waals surface area contributed by atoms with Crippen LogP contribution in [0.3, 0.4) is 0 Å². The van der Waals surface area contributed by atoms with Gasteiger partial charge in [-0.05, 0) is 55.9 Å². The number of aromatic amines is 1. The molecule has 0 saturated carbocycles. The predicted octanol–water partition coefficient (Wildman–Crippen LogP) is 6.67. The maximum Gasteiger partial charge on any atom is 0.310 e. The number of halogens is 6. The van der Waals surface area contributed by atoms with E-state index in [1.807, 2.05) is 0 Å². The zero-order valence-electron chi connectivity index (χ0n) is 19.0. The summed E-state index contributed by atoms with van der Waals surface area (Å²) in [6.45, 7) is 1.72. The number of carbonyl (C=O) groups is 1. The zero-order valence-corrected chi connectivity index (χ0v) is 19.8. The number of amides is 1. The van der Waals surface area contributed by atoms with E-state index in [1.54, 1.807) is 0 Å². The molecule has 13 heteroatoms. The Morgan fingerprint density at radius 2 is 1.61 bits per heavy atom. The summed E-state index contributed by atoms with van der Waals surface area (Å²) in [6.07, 6.45) is 3.58. The molecular weight excluding hydrogens is 510 g/mol. The first-order valence-electron chi connectivity index (χ1n) is 11.6. The van der Waals surface area contributed by atoms with Crippen LogP contribution in [0.25, 0.3) is 11.2 Å². The van der Waals surface area contributed by atoms with Crippen LogP contribution in [0.15, 0.2) is 35.4 Å². The second-order valence-corrected chi connectivity index (χ2v) is 11.7. The topological polar surface area (TPSA) is 71.1 Å². The highest BCUT2D eigenvalue weighted by molar-refractivity contribution is 8.45. The number of benzene rings is 1. The van der Waals surface area contributed by atoms with Crippen molar-refractivity contribution in [2.45, 2.75) is 42.4 Å². The van der Waals surface area contributed by atoms with Crippen LogP contribution in [0, 0.1) is 5.82 Å². The minimum Gasteiger partial charge on any atom is -0.381 e. The highest BCUT2D eigenvalue weighted by Gasteiger charge is 2.65. The van der Waals surface area contributed by atoms with Crippen molar-refractivity contribution in [2.24, 2.45) is 0 Å². The normalized spacial score (nSPS) is 20.3. The fourth-order valence-electron chi connectivity index (χ4n) is 4.93. The van der Waals surface area contributed by atoms with Crippen molar-refractivity contribution >= 4 is 27.3 Å². The monoisotopic (exact) mass is 534 g/mol. The zero-order chi connectivity index (χ0) is 25.8. The number of hydrogen-bond acceptors (Lipinski definition) is 4. The third-order valence-corrected chi connectivity index (χ3v) is 8.03. The van der Waals surface area contributed by atoms with Gasteiger partial charge >= 0.3 is 10.2 Å². The standard InChI is InChI=1S/C23H24F6N4O2S/c24-18-13-30-22-20(31-21(32-22)15-7-11-35-12-8-15)19(18)14-5-9-33(10-6-14)23(34)16-1-3-17(4-2-16)36(25,26,27,28)29/h1-4,13-15H,5-12H2,(H,30,31,32). The third kappa shape index (κ3) is 4.90. The molecule has 2 saturated heterocycles. The molecule has 0 atom stereocenters. The number of nitrogens with zero attached hydrogens (tertiary/aromatic N) is 3. The number of hydrogen-bond donors (Lipinski definition) is 1. The Bertz CT molecular complexity index is 1300. The lowest BCUT2D eigenvalue weighted by Gasteiger charge is -2.40. The molecule has 6 nitrogen and oxygen atoms in total. The number of likely N-dealkylation sites (tertiary alicyclic amines) is 1. The summed E-state index contributed by atoms with van der Waals surface area (Å²) >= 11 is 0. The molecule has 5 rings (SSSR count). The summed E-state index contributed by atoms with van der Waals surface area (Å²) in [5.74, 6) is -0.363. The molecule has 2 aliphatic rings. The smallest absolute Gasteiger partial charge is 0.310 e. The SMILES string of the molecule is O=C(c1ccc(S(F)(F)(F)(F)F)cc1)N1CCC(c2c(F)cnc3[nH]c(C4CCOCC4)nc23)CC1. The van der Waals surface area contributed by atoms with Crippen molar-refractivity contribution in [2.75, 3.05) is 26.3 Å². The summed E-state index contributed by atoms with van der Waals surface area (Å²) in [6, 6.07) is 1.99. The molecule has 1 aromatic carbocycles. The minimum absolute atomic E-state index is 0.120. The maximum atomic E-state index is 14.9. The first-order valence-corrected chi connectivity index (χ1v) is 13.5. The summed E-state index contributed by atoms with van der Waals surface area (Å²) < 4.78 is 85.0. The van der Waals surface area contributed by atoms with Crippen molar-refractivity contribution < 1.29 is 33.4 Å². The van der Waals surface area contributed by atoms with E-state index in [0.29, 0.717) is 42.8 Å². The lowest BCUT2D eigenvalue weighted by Crippen LogP contribution is -2.38. The summed E-state index contributed by atoms with van der Waals surface area (Å²) in [4.78, 5) is 24.2. The number of rotatable bonds is 4. The van der Waals surface area contributed by atoms with E-state index < -0.39 is 26.8 Å². The lowest BCUT2D eigenvalue weighted by molar-refractivity contribution is 0.0712. The van der Waals surface area contributed by atoms with E-state index in [0.717, 1.165) is 37.0 Å². The Hall–Kier alpha value is -2.80. The Balaban J connectivity index is 1.31. The molecule has 1 N–H and O–H groups in total. The maximum absolute atomic E-state index is 14.9. The first kappa shape index (κ1) is 24.9. The molecule has 0 aliphatic carbocycles.